The molecule has 0 saturated carbocycles. The van der Waals surface area contributed by atoms with E-state index in [9.17, 15) is 0 Å². The number of aryl methyl sites for hydroxylation is 1. The Morgan fingerprint density at radius 2 is 1.96 bits per heavy atom. The Kier molecular flexibility index (Phi) is 6.12. The van der Waals surface area contributed by atoms with E-state index in [0.29, 0.717) is 0 Å². The van der Waals surface area contributed by atoms with Gasteiger partial charge in [0.05, 0.1) is 11.9 Å². The molecule has 0 radical (unpaired) electrons. The highest BCUT2D eigenvalue weighted by Crippen LogP contribution is 2.26. The van der Waals surface area contributed by atoms with Gasteiger partial charge < -0.3 is 10.2 Å². The maximum atomic E-state index is 6.28. The van der Waals surface area contributed by atoms with Gasteiger partial charge in [0.2, 0.25) is 0 Å². The minimum Gasteiger partial charge on any atom is -0.369 e. The molecule has 0 fully saturated rings. The first-order chi connectivity index (χ1) is 12.6. The summed E-state index contributed by atoms with van der Waals surface area (Å²) in [5.74, 6) is 0.856. The van der Waals surface area contributed by atoms with Gasteiger partial charge in [0.1, 0.15) is 5.82 Å². The van der Waals surface area contributed by atoms with Gasteiger partial charge in [-0.1, -0.05) is 37.6 Å². The lowest BCUT2D eigenvalue weighted by molar-refractivity contribution is 0.303. The average Bonchev–Trinajstić information content (AvgIpc) is 3.07. The molecule has 0 spiro atoms. The van der Waals surface area contributed by atoms with Crippen LogP contribution in [0.3, 0.4) is 0 Å². The molecule has 138 valence electrons. The molecule has 2 aromatic heterocycles. The number of aromatic nitrogens is 3. The number of anilines is 1. The molecule has 0 aliphatic heterocycles. The second-order valence-corrected chi connectivity index (χ2v) is 6.81. The highest BCUT2D eigenvalue weighted by atomic mass is 35.5. The van der Waals surface area contributed by atoms with Crippen molar-refractivity contribution in [3.63, 3.8) is 0 Å². The maximum absolute atomic E-state index is 6.28. The van der Waals surface area contributed by atoms with Crippen molar-refractivity contribution >= 4 is 23.1 Å². The fraction of sp³-hybridized carbons (Fsp3) is 0.400. The van der Waals surface area contributed by atoms with Crippen LogP contribution in [0.15, 0.2) is 36.5 Å². The summed E-state index contributed by atoms with van der Waals surface area (Å²) in [4.78, 5) is 6.88. The van der Waals surface area contributed by atoms with Crippen molar-refractivity contribution in [3.8, 4) is 11.3 Å². The Morgan fingerprint density at radius 1 is 1.15 bits per heavy atom. The van der Waals surface area contributed by atoms with Gasteiger partial charge in [0.25, 0.3) is 0 Å². The zero-order valence-corrected chi connectivity index (χ0v) is 16.4. The standard InChI is InChI=1S/C20H26ClN5/c1-4-25(5-2)12-6-11-22-19-9-10-20-23-14-18(26(20)24-19)16-8-7-15(3)17(21)13-16/h7-10,13-14H,4-6,11-12H2,1-3H3,(H,22,24). The summed E-state index contributed by atoms with van der Waals surface area (Å²) in [6, 6.07) is 10.00. The Balaban J connectivity index is 1.74. The first-order valence-corrected chi connectivity index (χ1v) is 9.57. The predicted molar refractivity (Wildman–Crippen MR) is 109 cm³/mol. The van der Waals surface area contributed by atoms with Crippen molar-refractivity contribution in [3.05, 3.63) is 47.1 Å². The fourth-order valence-electron chi connectivity index (χ4n) is 2.98. The largest absolute Gasteiger partial charge is 0.369 e. The number of hydrogen-bond donors (Lipinski definition) is 1. The molecule has 0 aliphatic rings. The third-order valence-corrected chi connectivity index (χ3v) is 5.09. The number of rotatable bonds is 8. The second kappa shape index (κ2) is 8.52. The summed E-state index contributed by atoms with van der Waals surface area (Å²) in [5.41, 5.74) is 3.84. The lowest BCUT2D eigenvalue weighted by Crippen LogP contribution is -2.25. The van der Waals surface area contributed by atoms with Gasteiger partial charge in [-0.3, -0.25) is 0 Å². The molecule has 0 aliphatic carbocycles. The summed E-state index contributed by atoms with van der Waals surface area (Å²) in [5, 5.41) is 8.88. The zero-order valence-electron chi connectivity index (χ0n) is 15.7. The SMILES string of the molecule is CCN(CC)CCCNc1ccc2ncc(-c3ccc(C)c(Cl)c3)n2n1. The molecule has 3 aromatic rings. The molecule has 6 heteroatoms. The van der Waals surface area contributed by atoms with E-state index in [1.54, 1.807) is 0 Å². The van der Waals surface area contributed by atoms with Crippen molar-refractivity contribution in [2.24, 2.45) is 0 Å². The van der Waals surface area contributed by atoms with Gasteiger partial charge in [-0.15, -0.1) is 5.10 Å². The van der Waals surface area contributed by atoms with Gasteiger partial charge in [-0.2, -0.15) is 0 Å². The first kappa shape index (κ1) is 18.7. The third kappa shape index (κ3) is 4.17. The summed E-state index contributed by atoms with van der Waals surface area (Å²) in [6.45, 7) is 10.6. The number of fused-ring (bicyclic) bond motifs is 1. The highest BCUT2D eigenvalue weighted by Gasteiger charge is 2.09. The summed E-state index contributed by atoms with van der Waals surface area (Å²) < 4.78 is 1.87. The molecular formula is C20H26ClN5. The molecule has 0 bridgehead atoms. The van der Waals surface area contributed by atoms with Crippen LogP contribution >= 0.6 is 11.6 Å². The van der Waals surface area contributed by atoms with Crippen LogP contribution in [-0.2, 0) is 0 Å². The van der Waals surface area contributed by atoms with E-state index in [0.717, 1.165) is 65.9 Å². The van der Waals surface area contributed by atoms with Crippen LogP contribution in [-0.4, -0.2) is 45.7 Å². The van der Waals surface area contributed by atoms with Gasteiger partial charge in [-0.25, -0.2) is 9.50 Å². The van der Waals surface area contributed by atoms with E-state index < -0.39 is 0 Å². The molecule has 1 aromatic carbocycles. The lowest BCUT2D eigenvalue weighted by Gasteiger charge is -2.17. The summed E-state index contributed by atoms with van der Waals surface area (Å²) in [6.07, 6.45) is 2.93. The van der Waals surface area contributed by atoms with Crippen molar-refractivity contribution in [1.29, 1.82) is 0 Å². The van der Waals surface area contributed by atoms with Crippen LogP contribution in [0.25, 0.3) is 16.9 Å². The molecule has 0 atom stereocenters. The number of nitrogens with zero attached hydrogens (tertiary/aromatic N) is 4. The van der Waals surface area contributed by atoms with E-state index in [2.05, 4.69) is 35.1 Å². The Bertz CT molecular complexity index is 870. The number of nitrogens with one attached hydrogen (secondary N) is 1. The average molecular weight is 372 g/mol. The summed E-state index contributed by atoms with van der Waals surface area (Å²) >= 11 is 6.28. The molecule has 0 amide bonds. The molecular weight excluding hydrogens is 346 g/mol. The van der Waals surface area contributed by atoms with Gasteiger partial charge in [-0.05, 0) is 56.7 Å². The number of halogens is 1. The minimum absolute atomic E-state index is 0.753. The van der Waals surface area contributed by atoms with Crippen molar-refractivity contribution < 1.29 is 0 Å². The van der Waals surface area contributed by atoms with Crippen LogP contribution in [0.4, 0.5) is 5.82 Å². The molecule has 0 saturated heterocycles. The minimum atomic E-state index is 0.753. The second-order valence-electron chi connectivity index (χ2n) is 6.40. The third-order valence-electron chi connectivity index (χ3n) is 4.68. The molecule has 1 N–H and O–H groups in total. The number of imidazole rings is 1. The van der Waals surface area contributed by atoms with E-state index in [4.69, 9.17) is 16.7 Å². The van der Waals surface area contributed by atoms with Gasteiger partial charge >= 0.3 is 0 Å². The van der Waals surface area contributed by atoms with Crippen LogP contribution < -0.4 is 5.32 Å². The summed E-state index contributed by atoms with van der Waals surface area (Å²) in [7, 11) is 0. The van der Waals surface area contributed by atoms with E-state index in [1.807, 2.05) is 41.9 Å². The predicted octanol–water partition coefficient (Wildman–Crippen LogP) is 4.50. The van der Waals surface area contributed by atoms with Gasteiger partial charge in [0, 0.05) is 17.1 Å². The van der Waals surface area contributed by atoms with Crippen LogP contribution in [0.2, 0.25) is 5.02 Å². The quantitative estimate of drug-likeness (QED) is 0.592. The van der Waals surface area contributed by atoms with Crippen LogP contribution in [0.5, 0.6) is 0 Å². The van der Waals surface area contributed by atoms with Crippen molar-refractivity contribution in [2.75, 3.05) is 31.5 Å². The Hall–Kier alpha value is -2.11. The molecule has 5 nitrogen and oxygen atoms in total. The van der Waals surface area contributed by atoms with Gasteiger partial charge in [0.15, 0.2) is 5.65 Å². The Morgan fingerprint density at radius 3 is 2.69 bits per heavy atom. The maximum Gasteiger partial charge on any atom is 0.154 e. The Labute approximate surface area is 160 Å². The fourth-order valence-corrected chi connectivity index (χ4v) is 3.16. The van der Waals surface area contributed by atoms with Crippen LogP contribution in [0, 0.1) is 6.92 Å². The first-order valence-electron chi connectivity index (χ1n) is 9.20. The molecule has 2 heterocycles. The van der Waals surface area contributed by atoms with Crippen LogP contribution in [0.1, 0.15) is 25.8 Å². The molecule has 3 rings (SSSR count). The van der Waals surface area contributed by atoms with E-state index in [1.165, 1.54) is 0 Å². The van der Waals surface area contributed by atoms with E-state index in [-0.39, 0.29) is 0 Å². The smallest absolute Gasteiger partial charge is 0.154 e. The molecule has 26 heavy (non-hydrogen) atoms. The van der Waals surface area contributed by atoms with E-state index >= 15 is 0 Å². The van der Waals surface area contributed by atoms with Crippen molar-refractivity contribution in [1.82, 2.24) is 19.5 Å². The zero-order chi connectivity index (χ0) is 18.5. The highest BCUT2D eigenvalue weighted by molar-refractivity contribution is 6.31. The van der Waals surface area contributed by atoms with Crippen molar-refractivity contribution in [2.45, 2.75) is 27.2 Å². The number of benzene rings is 1. The lowest BCUT2D eigenvalue weighted by atomic mass is 10.1. The number of hydrogen-bond acceptors (Lipinski definition) is 4. The normalized spacial score (nSPS) is 11.4. The monoisotopic (exact) mass is 371 g/mol. The molecule has 0 unspecified atom stereocenters. The topological polar surface area (TPSA) is 45.5 Å².